The maximum Gasteiger partial charge on any atom is 0.420 e. The number of pyridine rings is 1. The lowest BCUT2D eigenvalue weighted by Gasteiger charge is -2.25. The van der Waals surface area contributed by atoms with Crippen molar-refractivity contribution in [3.8, 4) is 0 Å². The van der Waals surface area contributed by atoms with Crippen LogP contribution in [0.3, 0.4) is 0 Å². The molecule has 0 spiro atoms. The molecule has 45 heavy (non-hydrogen) atoms. The predicted molar refractivity (Wildman–Crippen MR) is 174 cm³/mol. The number of nitrogens with one attached hydrogen (secondary N) is 2. The molecule has 2 aromatic heterocycles. The Labute approximate surface area is 262 Å². The van der Waals surface area contributed by atoms with Gasteiger partial charge in [0.05, 0.1) is 23.2 Å². The molecule has 238 valence electrons. The van der Waals surface area contributed by atoms with Crippen molar-refractivity contribution in [2.24, 2.45) is 4.99 Å². The van der Waals surface area contributed by atoms with E-state index in [1.165, 1.54) is 0 Å². The summed E-state index contributed by atoms with van der Waals surface area (Å²) in [4.78, 5) is 28.7. The molecule has 0 bridgehead atoms. The summed E-state index contributed by atoms with van der Waals surface area (Å²) in [7, 11) is 2.00. The van der Waals surface area contributed by atoms with Gasteiger partial charge in [-0.3, -0.25) is 20.6 Å². The SMILES string of the molecule is C=NC(=N)/C(=C\C(CC)=C1\C=Cc2ncc(C(/C=C\C(=C)C(=O)N(CC)CCN(C)Cc3ccncc3)=C/C)n2N1)C(F)(F)F. The van der Waals surface area contributed by atoms with Gasteiger partial charge < -0.3 is 9.80 Å². The Morgan fingerprint density at radius 3 is 2.49 bits per heavy atom. The van der Waals surface area contributed by atoms with Crippen LogP contribution in [-0.4, -0.2) is 75.8 Å². The minimum atomic E-state index is -4.77. The largest absolute Gasteiger partial charge is 0.420 e. The van der Waals surface area contributed by atoms with Crippen LogP contribution in [0.4, 0.5) is 13.2 Å². The van der Waals surface area contributed by atoms with E-state index in [0.717, 1.165) is 18.2 Å². The van der Waals surface area contributed by atoms with Gasteiger partial charge in [0, 0.05) is 44.1 Å². The fraction of sp³-hybridized carbons (Fsp3) is 0.303. The van der Waals surface area contributed by atoms with Gasteiger partial charge in [0.15, 0.2) is 11.7 Å². The zero-order chi connectivity index (χ0) is 33.1. The average molecular weight is 621 g/mol. The molecule has 2 aromatic rings. The minimum Gasteiger partial charge on any atom is -0.338 e. The number of aliphatic imine (C=N–C) groups is 1. The molecule has 0 aliphatic carbocycles. The number of allylic oxidation sites excluding steroid dienone is 6. The van der Waals surface area contributed by atoms with E-state index in [1.54, 1.807) is 59.4 Å². The third-order valence-electron chi connectivity index (χ3n) is 7.15. The van der Waals surface area contributed by atoms with Crippen molar-refractivity contribution in [2.75, 3.05) is 32.1 Å². The van der Waals surface area contributed by atoms with E-state index in [4.69, 9.17) is 5.41 Å². The summed E-state index contributed by atoms with van der Waals surface area (Å²) in [6.45, 7) is 15.0. The Bertz CT molecular complexity index is 1560. The third kappa shape index (κ3) is 9.08. The molecule has 0 aromatic carbocycles. The van der Waals surface area contributed by atoms with Gasteiger partial charge in [-0.1, -0.05) is 25.7 Å². The smallest absolute Gasteiger partial charge is 0.338 e. The number of amides is 1. The number of carbonyl (C=O) groups excluding carboxylic acids is 1. The van der Waals surface area contributed by atoms with Gasteiger partial charge in [-0.05, 0) is 87.2 Å². The van der Waals surface area contributed by atoms with Crippen LogP contribution in [0.1, 0.15) is 44.3 Å². The highest BCUT2D eigenvalue weighted by molar-refractivity contribution is 6.00. The first-order valence-electron chi connectivity index (χ1n) is 14.4. The van der Waals surface area contributed by atoms with Crippen LogP contribution in [-0.2, 0) is 11.3 Å². The zero-order valence-corrected chi connectivity index (χ0v) is 26.0. The number of rotatable bonds is 13. The van der Waals surface area contributed by atoms with E-state index in [2.05, 4.69) is 38.6 Å². The first-order chi connectivity index (χ1) is 21.4. The summed E-state index contributed by atoms with van der Waals surface area (Å²) >= 11 is 0. The summed E-state index contributed by atoms with van der Waals surface area (Å²) in [6, 6.07) is 3.92. The molecular formula is C33H39F3N8O. The Hall–Kier alpha value is -4.84. The zero-order valence-electron chi connectivity index (χ0n) is 26.0. The normalized spacial score (nSPS) is 14.8. The minimum absolute atomic E-state index is 0.178. The van der Waals surface area contributed by atoms with Crippen LogP contribution in [0.2, 0.25) is 0 Å². The topological polar surface area (TPSA) is 102 Å². The standard InChI is InChI=1S/C33H39F3N8O/c1-7-25(11-10-23(4)32(45)43(9-3)19-18-42(6)22-24-14-16-39-17-15-24)29-21-40-30-13-12-28(41-44(29)30)26(8-2)20-27(31(37)38-5)33(34,35)36/h7,10-17,20-21,37,41H,4-5,8-9,18-19,22H2,1-3,6H3/b11-10-,25-7+,27-20+,28-26-,37-31?. The third-order valence-corrected chi connectivity index (χ3v) is 7.15. The van der Waals surface area contributed by atoms with Crippen molar-refractivity contribution < 1.29 is 18.0 Å². The van der Waals surface area contributed by atoms with Gasteiger partial charge in [-0.25, -0.2) is 14.7 Å². The number of alkyl halides is 3. The lowest BCUT2D eigenvalue weighted by molar-refractivity contribution is -0.126. The van der Waals surface area contributed by atoms with E-state index in [-0.39, 0.29) is 12.3 Å². The number of likely N-dealkylation sites (N-methyl/N-ethyl adjacent to an activating group) is 2. The summed E-state index contributed by atoms with van der Waals surface area (Å²) in [5.41, 5.74) is 5.49. The maximum absolute atomic E-state index is 13.6. The number of imidazole rings is 1. The summed E-state index contributed by atoms with van der Waals surface area (Å²) in [6.07, 6.45) is 10.1. The molecule has 0 radical (unpaired) electrons. The van der Waals surface area contributed by atoms with E-state index >= 15 is 0 Å². The van der Waals surface area contributed by atoms with Crippen LogP contribution in [0.25, 0.3) is 11.6 Å². The van der Waals surface area contributed by atoms with E-state index in [9.17, 15) is 18.0 Å². The lowest BCUT2D eigenvalue weighted by atomic mass is 10.0. The summed E-state index contributed by atoms with van der Waals surface area (Å²) < 4.78 is 42.6. The van der Waals surface area contributed by atoms with Gasteiger partial charge in [-0.2, -0.15) is 13.2 Å². The van der Waals surface area contributed by atoms with Crippen molar-refractivity contribution in [1.29, 1.82) is 5.41 Å². The Kier molecular flexibility index (Phi) is 12.1. The molecule has 0 unspecified atom stereocenters. The number of amidine groups is 1. The highest BCUT2D eigenvalue weighted by Gasteiger charge is 2.36. The number of hydrogen-bond donors (Lipinski definition) is 2. The quantitative estimate of drug-likeness (QED) is 0.121. The average Bonchev–Trinajstić information content (AvgIpc) is 3.44. The van der Waals surface area contributed by atoms with Crippen molar-refractivity contribution in [1.82, 2.24) is 24.4 Å². The molecule has 0 saturated heterocycles. The van der Waals surface area contributed by atoms with Crippen molar-refractivity contribution in [2.45, 2.75) is 39.9 Å². The Morgan fingerprint density at radius 1 is 1.18 bits per heavy atom. The second kappa shape index (κ2) is 15.8. The van der Waals surface area contributed by atoms with Crippen molar-refractivity contribution >= 4 is 30.1 Å². The van der Waals surface area contributed by atoms with E-state index < -0.39 is 17.6 Å². The van der Waals surface area contributed by atoms with Crippen molar-refractivity contribution in [3.05, 3.63) is 107 Å². The number of hydrogen-bond acceptors (Lipinski definition) is 6. The first kappa shape index (κ1) is 34.6. The molecule has 0 fully saturated rings. The summed E-state index contributed by atoms with van der Waals surface area (Å²) in [5.74, 6) is -0.587. The monoisotopic (exact) mass is 620 g/mol. The summed E-state index contributed by atoms with van der Waals surface area (Å²) in [5, 5.41) is 7.63. The number of nitrogens with zero attached hydrogens (tertiary/aromatic N) is 6. The highest BCUT2D eigenvalue weighted by Crippen LogP contribution is 2.30. The first-order valence-corrected chi connectivity index (χ1v) is 14.4. The molecule has 1 amide bonds. The lowest BCUT2D eigenvalue weighted by Crippen LogP contribution is -2.37. The molecule has 3 heterocycles. The van der Waals surface area contributed by atoms with Gasteiger partial charge >= 0.3 is 6.18 Å². The Balaban J connectivity index is 1.76. The molecular weight excluding hydrogens is 581 g/mol. The second-order valence-electron chi connectivity index (χ2n) is 10.2. The molecule has 0 saturated carbocycles. The number of halogens is 3. The molecule has 3 rings (SSSR count). The highest BCUT2D eigenvalue weighted by atomic mass is 19.4. The van der Waals surface area contributed by atoms with Crippen LogP contribution in [0.15, 0.2) is 95.1 Å². The second-order valence-corrected chi connectivity index (χ2v) is 10.2. The van der Waals surface area contributed by atoms with Gasteiger partial charge in [0.25, 0.3) is 5.91 Å². The molecule has 2 N–H and O–H groups in total. The van der Waals surface area contributed by atoms with Gasteiger partial charge in [-0.15, -0.1) is 0 Å². The Morgan fingerprint density at radius 2 is 1.89 bits per heavy atom. The fourth-order valence-corrected chi connectivity index (χ4v) is 4.58. The van der Waals surface area contributed by atoms with Crippen LogP contribution in [0, 0.1) is 5.41 Å². The van der Waals surface area contributed by atoms with Gasteiger partial charge in [0.2, 0.25) is 0 Å². The van der Waals surface area contributed by atoms with Crippen molar-refractivity contribution in [3.63, 3.8) is 0 Å². The van der Waals surface area contributed by atoms with E-state index in [0.29, 0.717) is 53.6 Å². The van der Waals surface area contributed by atoms with Crippen LogP contribution < -0.4 is 5.43 Å². The molecule has 1 aliphatic heterocycles. The van der Waals surface area contributed by atoms with Crippen LogP contribution in [0.5, 0.6) is 0 Å². The predicted octanol–water partition coefficient (Wildman–Crippen LogP) is 6.18. The molecule has 0 atom stereocenters. The fourth-order valence-electron chi connectivity index (χ4n) is 4.58. The number of fused-ring (bicyclic) bond motifs is 1. The molecule has 12 heteroatoms. The number of aromatic nitrogens is 3. The number of carbonyl (C=O) groups is 1. The maximum atomic E-state index is 13.6. The van der Waals surface area contributed by atoms with Crippen LogP contribution >= 0.6 is 0 Å². The molecule has 1 aliphatic rings. The van der Waals surface area contributed by atoms with E-state index in [1.807, 2.05) is 39.1 Å². The van der Waals surface area contributed by atoms with Gasteiger partial charge in [0.1, 0.15) is 0 Å². The molecule has 9 nitrogen and oxygen atoms in total.